The zero-order chi connectivity index (χ0) is 23.7. The number of nitrogens with zero attached hydrogens (tertiary/aromatic N) is 4. The summed E-state index contributed by atoms with van der Waals surface area (Å²) in [5.41, 5.74) is 4.85. The van der Waals surface area contributed by atoms with Gasteiger partial charge < -0.3 is 24.8 Å². The third-order valence-corrected chi connectivity index (χ3v) is 6.91. The van der Waals surface area contributed by atoms with Crippen molar-refractivity contribution in [3.8, 4) is 22.8 Å². The molecule has 34 heavy (non-hydrogen) atoms. The Labute approximate surface area is 200 Å². The van der Waals surface area contributed by atoms with Crippen LogP contribution < -0.4 is 15.0 Å². The van der Waals surface area contributed by atoms with Crippen LogP contribution in [0.2, 0.25) is 0 Å². The normalized spacial score (nSPS) is 19.6. The van der Waals surface area contributed by atoms with Gasteiger partial charge in [0, 0.05) is 53.5 Å². The molecule has 2 aromatic heterocycles. The van der Waals surface area contributed by atoms with Gasteiger partial charge in [0.15, 0.2) is 0 Å². The molecule has 1 fully saturated rings. The number of hydrogen-bond acceptors (Lipinski definition) is 7. The molecule has 1 saturated heterocycles. The number of nitrogens with one attached hydrogen (secondary N) is 1. The zero-order valence-corrected chi connectivity index (χ0v) is 20.1. The minimum absolute atomic E-state index is 0.140. The molecule has 0 bridgehead atoms. The lowest BCUT2D eigenvalue weighted by atomic mass is 9.92. The zero-order valence-electron chi connectivity index (χ0n) is 20.1. The summed E-state index contributed by atoms with van der Waals surface area (Å²) in [6.45, 7) is 6.09. The van der Waals surface area contributed by atoms with Gasteiger partial charge in [0.1, 0.15) is 5.75 Å². The molecule has 3 aromatic rings. The lowest BCUT2D eigenvalue weighted by Crippen LogP contribution is -2.46. The van der Waals surface area contributed by atoms with Crippen LogP contribution in [-0.2, 0) is 11.2 Å². The first-order valence-electron chi connectivity index (χ1n) is 12.1. The number of piperidine rings is 1. The third-order valence-electron chi connectivity index (χ3n) is 6.91. The van der Waals surface area contributed by atoms with Crippen molar-refractivity contribution in [3.05, 3.63) is 54.0 Å². The lowest BCUT2D eigenvalue weighted by molar-refractivity contribution is -0.0795. The van der Waals surface area contributed by atoms with Crippen LogP contribution in [0.5, 0.6) is 11.6 Å². The number of aliphatic hydroxyl groups is 1. The molecule has 2 aliphatic heterocycles. The lowest BCUT2D eigenvalue weighted by Gasteiger charge is -2.40. The van der Waals surface area contributed by atoms with Crippen molar-refractivity contribution in [1.82, 2.24) is 20.1 Å². The van der Waals surface area contributed by atoms with Crippen LogP contribution in [0, 0.1) is 6.92 Å². The Balaban J connectivity index is 1.59. The van der Waals surface area contributed by atoms with E-state index in [2.05, 4.69) is 40.2 Å². The summed E-state index contributed by atoms with van der Waals surface area (Å²) in [7, 11) is 1.52. The highest BCUT2D eigenvalue weighted by Gasteiger charge is 2.32. The average molecular weight is 464 g/mol. The highest BCUT2D eigenvalue weighted by Crippen LogP contribution is 2.45. The fourth-order valence-electron chi connectivity index (χ4n) is 5.05. The van der Waals surface area contributed by atoms with Gasteiger partial charge in [0.05, 0.1) is 12.2 Å². The minimum atomic E-state index is -1.02. The van der Waals surface area contributed by atoms with Crippen LogP contribution in [0.3, 0.4) is 0 Å². The molecule has 2 aliphatic rings. The van der Waals surface area contributed by atoms with Gasteiger partial charge in [-0.1, -0.05) is 6.07 Å². The molecule has 0 radical (unpaired) electrons. The number of hydrogen-bond donors (Lipinski definition) is 2. The summed E-state index contributed by atoms with van der Waals surface area (Å²) in [4.78, 5) is 6.49. The maximum absolute atomic E-state index is 10.6. The summed E-state index contributed by atoms with van der Waals surface area (Å²) in [5, 5.41) is 18.7. The van der Waals surface area contributed by atoms with Crippen LogP contribution in [-0.4, -0.2) is 52.5 Å². The van der Waals surface area contributed by atoms with Crippen molar-refractivity contribution in [2.75, 3.05) is 25.1 Å². The third kappa shape index (κ3) is 4.41. The van der Waals surface area contributed by atoms with Gasteiger partial charge in [-0.2, -0.15) is 5.10 Å². The van der Waals surface area contributed by atoms with Gasteiger partial charge in [-0.25, -0.2) is 4.98 Å². The van der Waals surface area contributed by atoms with Crippen molar-refractivity contribution < 1.29 is 14.6 Å². The minimum Gasteiger partial charge on any atom is -0.438 e. The first kappa shape index (κ1) is 22.8. The molecule has 2 atom stereocenters. The largest absolute Gasteiger partial charge is 0.438 e. The Morgan fingerprint density at radius 1 is 1.15 bits per heavy atom. The number of anilines is 1. The van der Waals surface area contributed by atoms with E-state index in [1.165, 1.54) is 7.11 Å². The van der Waals surface area contributed by atoms with E-state index in [1.807, 2.05) is 36.2 Å². The topological polar surface area (TPSA) is 84.7 Å². The van der Waals surface area contributed by atoms with Crippen LogP contribution in [0.15, 0.2) is 42.7 Å². The van der Waals surface area contributed by atoms with E-state index in [9.17, 15) is 5.11 Å². The second-order valence-corrected chi connectivity index (χ2v) is 9.21. The standard InChI is InChI=1S/C26H33N5O3/c1-17-5-4-6-24(29-17)34-25-21(19-15-28-30(16-19)20-11-13-27-14-12-20)9-10-23-22(25)8-7-18(2)31(23)26(32)33-3/h4-6,9-10,15-16,18,20,26-27,32H,7-8,11-14H2,1-3H3/t18-,26?/m0/s1. The van der Waals surface area contributed by atoms with E-state index in [0.717, 1.165) is 72.6 Å². The van der Waals surface area contributed by atoms with E-state index < -0.39 is 6.41 Å². The maximum Gasteiger partial charge on any atom is 0.237 e. The number of fused-ring (bicyclic) bond motifs is 1. The van der Waals surface area contributed by atoms with Crippen molar-refractivity contribution in [2.45, 2.75) is 58.0 Å². The van der Waals surface area contributed by atoms with Crippen LogP contribution >= 0.6 is 0 Å². The number of aliphatic hydroxyl groups excluding tert-OH is 1. The fraction of sp³-hybridized carbons (Fsp3) is 0.462. The molecule has 0 spiro atoms. The summed E-state index contributed by atoms with van der Waals surface area (Å²) < 4.78 is 13.9. The summed E-state index contributed by atoms with van der Waals surface area (Å²) in [6.07, 6.45) is 6.89. The quantitative estimate of drug-likeness (QED) is 0.534. The Morgan fingerprint density at radius 2 is 1.97 bits per heavy atom. The predicted molar refractivity (Wildman–Crippen MR) is 131 cm³/mol. The Kier molecular flexibility index (Phi) is 6.54. The number of methoxy groups -OCH3 is 1. The smallest absolute Gasteiger partial charge is 0.237 e. The number of aryl methyl sites for hydroxylation is 1. The second kappa shape index (κ2) is 9.74. The van der Waals surface area contributed by atoms with Crippen LogP contribution in [0.1, 0.15) is 43.5 Å². The molecule has 4 heterocycles. The molecule has 1 unspecified atom stereocenters. The van der Waals surface area contributed by atoms with Crippen molar-refractivity contribution in [2.24, 2.45) is 0 Å². The maximum atomic E-state index is 10.6. The van der Waals surface area contributed by atoms with E-state index in [1.54, 1.807) is 0 Å². The average Bonchev–Trinajstić information content (AvgIpc) is 3.34. The number of ether oxygens (including phenoxy) is 2. The van der Waals surface area contributed by atoms with Gasteiger partial charge in [-0.05, 0) is 70.8 Å². The highest BCUT2D eigenvalue weighted by atomic mass is 16.6. The van der Waals surface area contributed by atoms with Crippen LogP contribution in [0.25, 0.3) is 11.1 Å². The molecule has 8 heteroatoms. The molecular weight excluding hydrogens is 430 g/mol. The van der Waals surface area contributed by atoms with Gasteiger partial charge in [0.2, 0.25) is 12.3 Å². The van der Waals surface area contributed by atoms with E-state index >= 15 is 0 Å². The number of aromatic nitrogens is 3. The van der Waals surface area contributed by atoms with Crippen LogP contribution in [0.4, 0.5) is 5.69 Å². The molecule has 8 nitrogen and oxygen atoms in total. The highest BCUT2D eigenvalue weighted by molar-refractivity contribution is 5.78. The first-order valence-corrected chi connectivity index (χ1v) is 12.1. The number of pyridine rings is 1. The number of rotatable bonds is 6. The monoisotopic (exact) mass is 463 g/mol. The van der Waals surface area contributed by atoms with Gasteiger partial charge >= 0.3 is 0 Å². The van der Waals surface area contributed by atoms with E-state index in [0.29, 0.717) is 11.9 Å². The van der Waals surface area contributed by atoms with Gasteiger partial charge in [-0.15, -0.1) is 0 Å². The Bertz CT molecular complexity index is 1140. The summed E-state index contributed by atoms with van der Waals surface area (Å²) in [5.74, 6) is 1.32. The second-order valence-electron chi connectivity index (χ2n) is 9.21. The molecule has 180 valence electrons. The SMILES string of the molecule is COC(O)N1c2ccc(-c3cnn(C4CCNCC4)c3)c(Oc3cccc(C)n3)c2CC[C@@H]1C. The van der Waals surface area contributed by atoms with Crippen molar-refractivity contribution in [1.29, 1.82) is 0 Å². The summed E-state index contributed by atoms with van der Waals surface area (Å²) >= 11 is 0. The van der Waals surface area contributed by atoms with E-state index in [-0.39, 0.29) is 6.04 Å². The van der Waals surface area contributed by atoms with Crippen molar-refractivity contribution >= 4 is 5.69 Å². The molecule has 0 aliphatic carbocycles. The fourth-order valence-corrected chi connectivity index (χ4v) is 5.05. The van der Waals surface area contributed by atoms with E-state index in [4.69, 9.17) is 14.6 Å². The van der Waals surface area contributed by atoms with Crippen molar-refractivity contribution in [3.63, 3.8) is 0 Å². The summed E-state index contributed by atoms with van der Waals surface area (Å²) in [6, 6.07) is 10.4. The Morgan fingerprint density at radius 3 is 2.74 bits per heavy atom. The number of benzene rings is 1. The molecule has 0 saturated carbocycles. The molecule has 0 amide bonds. The molecular formula is C26H33N5O3. The van der Waals surface area contributed by atoms with Gasteiger partial charge in [-0.3, -0.25) is 4.68 Å². The Hall–Kier alpha value is -2.94. The predicted octanol–water partition coefficient (Wildman–Crippen LogP) is 4.03. The molecule has 5 rings (SSSR count). The first-order chi connectivity index (χ1) is 16.5. The van der Waals surface area contributed by atoms with Gasteiger partial charge in [0.25, 0.3) is 0 Å². The molecule has 1 aromatic carbocycles. The molecule has 2 N–H and O–H groups in total.